The predicted octanol–water partition coefficient (Wildman–Crippen LogP) is 3.29. The third kappa shape index (κ3) is 4.66. The van der Waals surface area contributed by atoms with E-state index < -0.39 is 0 Å². The molecule has 1 saturated carbocycles. The van der Waals surface area contributed by atoms with Crippen LogP contribution in [0.5, 0.6) is 0 Å². The van der Waals surface area contributed by atoms with Crippen molar-refractivity contribution < 1.29 is 4.79 Å². The lowest BCUT2D eigenvalue weighted by Gasteiger charge is -2.40. The quantitative estimate of drug-likeness (QED) is 0.809. The molecule has 0 radical (unpaired) electrons. The Morgan fingerprint density at radius 1 is 1.12 bits per heavy atom. The second-order valence-electron chi connectivity index (χ2n) is 8.16. The van der Waals surface area contributed by atoms with Crippen LogP contribution in [-0.2, 0) is 11.3 Å². The Bertz CT molecular complexity index is 589. The SMILES string of the molecule is Cc1ccccc1CN1CCN(C(C)C(=O)N(C)C2CCCCC2)CC1. The molecule has 4 heteroatoms. The van der Waals surface area contributed by atoms with Gasteiger partial charge in [-0.3, -0.25) is 14.6 Å². The average Bonchev–Trinajstić information content (AvgIpc) is 2.69. The first kappa shape index (κ1) is 19.4. The molecule has 4 nitrogen and oxygen atoms in total. The molecule has 2 fully saturated rings. The fraction of sp³-hybridized carbons (Fsp3) is 0.682. The summed E-state index contributed by atoms with van der Waals surface area (Å²) < 4.78 is 0. The van der Waals surface area contributed by atoms with Crippen LogP contribution in [0.3, 0.4) is 0 Å². The highest BCUT2D eigenvalue weighted by atomic mass is 16.2. The Morgan fingerprint density at radius 2 is 1.77 bits per heavy atom. The second kappa shape index (κ2) is 9.01. The average molecular weight is 358 g/mol. The normalized spacial score (nSPS) is 21.5. The van der Waals surface area contributed by atoms with Crippen LogP contribution in [0.15, 0.2) is 24.3 Å². The van der Waals surface area contributed by atoms with Crippen LogP contribution in [-0.4, -0.2) is 65.9 Å². The summed E-state index contributed by atoms with van der Waals surface area (Å²) in [6, 6.07) is 9.11. The minimum Gasteiger partial charge on any atom is -0.341 e. The van der Waals surface area contributed by atoms with Crippen molar-refractivity contribution >= 4 is 5.91 Å². The molecule has 3 rings (SSSR count). The Morgan fingerprint density at radius 3 is 2.42 bits per heavy atom. The van der Waals surface area contributed by atoms with Crippen LogP contribution in [0, 0.1) is 6.92 Å². The molecule has 1 atom stereocenters. The lowest BCUT2D eigenvalue weighted by Crippen LogP contribution is -2.55. The fourth-order valence-corrected chi connectivity index (χ4v) is 4.44. The lowest BCUT2D eigenvalue weighted by molar-refractivity contribution is -0.138. The molecule has 1 aromatic rings. The zero-order valence-corrected chi connectivity index (χ0v) is 16.8. The van der Waals surface area contributed by atoms with E-state index in [1.165, 1.54) is 43.2 Å². The Hall–Kier alpha value is -1.39. The molecule has 144 valence electrons. The number of benzene rings is 1. The van der Waals surface area contributed by atoms with Crippen molar-refractivity contribution in [3.05, 3.63) is 35.4 Å². The summed E-state index contributed by atoms with van der Waals surface area (Å²) >= 11 is 0. The van der Waals surface area contributed by atoms with Gasteiger partial charge in [0.25, 0.3) is 0 Å². The van der Waals surface area contributed by atoms with E-state index in [9.17, 15) is 4.79 Å². The summed E-state index contributed by atoms with van der Waals surface area (Å²) in [6.45, 7) is 9.35. The van der Waals surface area contributed by atoms with Crippen LogP contribution in [0.2, 0.25) is 0 Å². The standard InChI is InChI=1S/C22H35N3O/c1-18-9-7-8-10-20(18)17-24-13-15-25(16-14-24)19(2)22(26)23(3)21-11-5-4-6-12-21/h7-10,19,21H,4-6,11-17H2,1-3H3. The van der Waals surface area contributed by atoms with Crippen molar-refractivity contribution in [2.24, 2.45) is 0 Å². The van der Waals surface area contributed by atoms with Gasteiger partial charge >= 0.3 is 0 Å². The van der Waals surface area contributed by atoms with Gasteiger partial charge in [0, 0.05) is 45.8 Å². The molecule has 1 saturated heterocycles. The van der Waals surface area contributed by atoms with Crippen LogP contribution >= 0.6 is 0 Å². The van der Waals surface area contributed by atoms with Gasteiger partial charge in [-0.05, 0) is 37.8 Å². The van der Waals surface area contributed by atoms with E-state index in [1.807, 2.05) is 11.9 Å². The van der Waals surface area contributed by atoms with Crippen LogP contribution in [0.4, 0.5) is 0 Å². The van der Waals surface area contributed by atoms with E-state index in [0.29, 0.717) is 11.9 Å². The van der Waals surface area contributed by atoms with Gasteiger partial charge < -0.3 is 4.90 Å². The summed E-state index contributed by atoms with van der Waals surface area (Å²) in [7, 11) is 2.02. The first-order valence-corrected chi connectivity index (χ1v) is 10.3. The monoisotopic (exact) mass is 357 g/mol. The minimum atomic E-state index is 0.00235. The zero-order chi connectivity index (χ0) is 18.5. The van der Waals surface area contributed by atoms with Crippen LogP contribution in [0.1, 0.15) is 50.2 Å². The maximum atomic E-state index is 12.9. The molecule has 0 bridgehead atoms. The van der Waals surface area contributed by atoms with E-state index >= 15 is 0 Å². The van der Waals surface area contributed by atoms with Crippen molar-refractivity contribution in [3.63, 3.8) is 0 Å². The van der Waals surface area contributed by atoms with Gasteiger partial charge in [0.15, 0.2) is 0 Å². The predicted molar refractivity (Wildman–Crippen MR) is 107 cm³/mol. The number of rotatable bonds is 5. The number of hydrogen-bond acceptors (Lipinski definition) is 3. The van der Waals surface area contributed by atoms with E-state index in [0.717, 1.165) is 32.7 Å². The van der Waals surface area contributed by atoms with Crippen molar-refractivity contribution in [1.29, 1.82) is 0 Å². The highest BCUT2D eigenvalue weighted by Gasteiger charge is 2.30. The van der Waals surface area contributed by atoms with Crippen molar-refractivity contribution in [2.75, 3.05) is 33.2 Å². The molecule has 2 aliphatic rings. The zero-order valence-electron chi connectivity index (χ0n) is 16.8. The second-order valence-corrected chi connectivity index (χ2v) is 8.16. The smallest absolute Gasteiger partial charge is 0.239 e. The molecule has 1 aliphatic carbocycles. The summed E-state index contributed by atoms with van der Waals surface area (Å²) in [5, 5.41) is 0. The summed E-state index contributed by atoms with van der Waals surface area (Å²) in [4.78, 5) is 19.9. The fourth-order valence-electron chi connectivity index (χ4n) is 4.44. The van der Waals surface area contributed by atoms with Crippen molar-refractivity contribution in [2.45, 2.75) is 64.6 Å². The highest BCUT2D eigenvalue weighted by Crippen LogP contribution is 2.23. The van der Waals surface area contributed by atoms with Crippen LogP contribution in [0.25, 0.3) is 0 Å². The molecule has 1 heterocycles. The summed E-state index contributed by atoms with van der Waals surface area (Å²) in [5.74, 6) is 0.309. The third-order valence-corrected chi connectivity index (χ3v) is 6.44. The van der Waals surface area contributed by atoms with E-state index in [-0.39, 0.29) is 6.04 Å². The molecule has 1 aromatic carbocycles. The molecule has 1 unspecified atom stereocenters. The lowest BCUT2D eigenvalue weighted by atomic mass is 9.94. The first-order valence-electron chi connectivity index (χ1n) is 10.3. The Kier molecular flexibility index (Phi) is 6.71. The number of nitrogens with zero attached hydrogens (tertiary/aromatic N) is 3. The molecular weight excluding hydrogens is 322 g/mol. The number of likely N-dealkylation sites (N-methyl/N-ethyl adjacent to an activating group) is 1. The van der Waals surface area contributed by atoms with E-state index in [4.69, 9.17) is 0 Å². The van der Waals surface area contributed by atoms with Gasteiger partial charge in [-0.2, -0.15) is 0 Å². The third-order valence-electron chi connectivity index (χ3n) is 6.44. The number of hydrogen-bond donors (Lipinski definition) is 0. The van der Waals surface area contributed by atoms with Crippen molar-refractivity contribution in [1.82, 2.24) is 14.7 Å². The van der Waals surface area contributed by atoms with Gasteiger partial charge in [0.05, 0.1) is 6.04 Å². The maximum Gasteiger partial charge on any atom is 0.239 e. The largest absolute Gasteiger partial charge is 0.341 e. The number of carbonyl (C=O) groups excluding carboxylic acids is 1. The van der Waals surface area contributed by atoms with E-state index in [1.54, 1.807) is 0 Å². The number of carbonyl (C=O) groups is 1. The molecule has 0 N–H and O–H groups in total. The van der Waals surface area contributed by atoms with Crippen LogP contribution < -0.4 is 0 Å². The summed E-state index contributed by atoms with van der Waals surface area (Å²) in [5.41, 5.74) is 2.79. The highest BCUT2D eigenvalue weighted by molar-refractivity contribution is 5.81. The van der Waals surface area contributed by atoms with Gasteiger partial charge in [-0.15, -0.1) is 0 Å². The number of amides is 1. The van der Waals surface area contributed by atoms with Crippen molar-refractivity contribution in [3.8, 4) is 0 Å². The van der Waals surface area contributed by atoms with Gasteiger partial charge in [0.2, 0.25) is 5.91 Å². The summed E-state index contributed by atoms with van der Waals surface area (Å²) in [6.07, 6.45) is 6.23. The molecule has 0 aromatic heterocycles. The Balaban J connectivity index is 1.49. The molecule has 1 amide bonds. The minimum absolute atomic E-state index is 0.00235. The maximum absolute atomic E-state index is 12.9. The van der Waals surface area contributed by atoms with Gasteiger partial charge in [-0.25, -0.2) is 0 Å². The molecule has 26 heavy (non-hydrogen) atoms. The Labute approximate surface area is 159 Å². The van der Waals surface area contributed by atoms with E-state index in [2.05, 4.69) is 47.9 Å². The van der Waals surface area contributed by atoms with Gasteiger partial charge in [-0.1, -0.05) is 43.5 Å². The first-order chi connectivity index (χ1) is 12.6. The van der Waals surface area contributed by atoms with Gasteiger partial charge in [0.1, 0.15) is 0 Å². The number of piperazine rings is 1. The molecule has 1 aliphatic heterocycles. The molecule has 0 spiro atoms. The number of aryl methyl sites for hydroxylation is 1. The topological polar surface area (TPSA) is 26.8 Å². The molecular formula is C22H35N3O.